The lowest BCUT2D eigenvalue weighted by atomic mass is 9.85. The lowest BCUT2D eigenvalue weighted by molar-refractivity contribution is 0.444. The molecule has 1 atom stereocenters. The van der Waals surface area contributed by atoms with Crippen molar-refractivity contribution >= 4 is 0 Å². The van der Waals surface area contributed by atoms with E-state index in [-0.39, 0.29) is 5.41 Å². The van der Waals surface area contributed by atoms with Crippen LogP contribution >= 0.6 is 0 Å². The second kappa shape index (κ2) is 7.69. The van der Waals surface area contributed by atoms with Gasteiger partial charge in [0.1, 0.15) is 0 Å². The van der Waals surface area contributed by atoms with Crippen LogP contribution in [0.25, 0.3) is 0 Å². The zero-order chi connectivity index (χ0) is 14.3. The van der Waals surface area contributed by atoms with E-state index in [1.807, 2.05) is 0 Å². The summed E-state index contributed by atoms with van der Waals surface area (Å²) in [4.78, 5) is 0. The Balaban J connectivity index is 2.64. The maximum atomic E-state index is 3.49. The molecule has 0 aliphatic rings. The third kappa shape index (κ3) is 5.78. The van der Waals surface area contributed by atoms with Crippen LogP contribution in [0.2, 0.25) is 0 Å². The van der Waals surface area contributed by atoms with E-state index in [1.165, 1.54) is 30.4 Å². The first kappa shape index (κ1) is 16.2. The van der Waals surface area contributed by atoms with Gasteiger partial charge < -0.3 is 5.32 Å². The molecule has 0 saturated heterocycles. The van der Waals surface area contributed by atoms with Crippen LogP contribution < -0.4 is 5.32 Å². The minimum Gasteiger partial charge on any atom is -0.317 e. The SMILES string of the molecule is CCCC(CNCC)Cc1ccc(C(C)(C)C)cc1. The van der Waals surface area contributed by atoms with Gasteiger partial charge in [-0.3, -0.25) is 0 Å². The number of rotatable bonds is 7. The largest absolute Gasteiger partial charge is 0.317 e. The summed E-state index contributed by atoms with van der Waals surface area (Å²) in [6, 6.07) is 9.22. The second-order valence-electron chi connectivity index (χ2n) is 6.61. The molecule has 0 heterocycles. The quantitative estimate of drug-likeness (QED) is 0.759. The van der Waals surface area contributed by atoms with Crippen molar-refractivity contribution in [2.45, 2.75) is 59.3 Å². The Kier molecular flexibility index (Phi) is 6.57. The van der Waals surface area contributed by atoms with Gasteiger partial charge >= 0.3 is 0 Å². The van der Waals surface area contributed by atoms with Crippen molar-refractivity contribution in [3.8, 4) is 0 Å². The van der Waals surface area contributed by atoms with Crippen molar-refractivity contribution in [3.05, 3.63) is 35.4 Å². The molecule has 0 spiro atoms. The third-order valence-electron chi connectivity index (χ3n) is 3.72. The summed E-state index contributed by atoms with van der Waals surface area (Å²) < 4.78 is 0. The normalized spacial score (nSPS) is 13.5. The average molecular weight is 261 g/mol. The molecule has 1 nitrogen and oxygen atoms in total. The van der Waals surface area contributed by atoms with E-state index in [2.05, 4.69) is 64.2 Å². The summed E-state index contributed by atoms with van der Waals surface area (Å²) in [6.45, 7) is 13.5. The van der Waals surface area contributed by atoms with E-state index in [9.17, 15) is 0 Å². The molecule has 0 aliphatic heterocycles. The Labute approximate surface area is 119 Å². The fourth-order valence-corrected chi connectivity index (χ4v) is 2.51. The van der Waals surface area contributed by atoms with Gasteiger partial charge in [-0.1, -0.05) is 65.3 Å². The van der Waals surface area contributed by atoms with Gasteiger partial charge in [0, 0.05) is 0 Å². The van der Waals surface area contributed by atoms with Crippen LogP contribution in [0.4, 0.5) is 0 Å². The molecule has 0 bridgehead atoms. The van der Waals surface area contributed by atoms with Gasteiger partial charge in [-0.2, -0.15) is 0 Å². The van der Waals surface area contributed by atoms with Crippen molar-refractivity contribution in [1.82, 2.24) is 5.32 Å². The van der Waals surface area contributed by atoms with Crippen LogP contribution in [0.3, 0.4) is 0 Å². The molecule has 1 aromatic carbocycles. The Morgan fingerprint density at radius 1 is 1.05 bits per heavy atom. The number of nitrogens with one attached hydrogen (secondary N) is 1. The van der Waals surface area contributed by atoms with E-state index < -0.39 is 0 Å². The standard InChI is InChI=1S/C18H31N/c1-6-8-16(14-19-7-2)13-15-9-11-17(12-10-15)18(3,4)5/h9-12,16,19H,6-8,13-14H2,1-5H3. The average Bonchev–Trinajstić information content (AvgIpc) is 2.36. The van der Waals surface area contributed by atoms with Crippen molar-refractivity contribution in [2.24, 2.45) is 5.92 Å². The van der Waals surface area contributed by atoms with E-state index in [0.717, 1.165) is 19.0 Å². The van der Waals surface area contributed by atoms with Gasteiger partial charge in [-0.05, 0) is 48.4 Å². The number of hydrogen-bond acceptors (Lipinski definition) is 1. The first-order valence-electron chi connectivity index (χ1n) is 7.77. The molecule has 1 aromatic rings. The molecule has 1 unspecified atom stereocenters. The molecule has 1 heteroatoms. The molecule has 0 aliphatic carbocycles. The van der Waals surface area contributed by atoms with Crippen LogP contribution in [-0.2, 0) is 11.8 Å². The van der Waals surface area contributed by atoms with Gasteiger partial charge in [-0.25, -0.2) is 0 Å². The Hall–Kier alpha value is -0.820. The highest BCUT2D eigenvalue weighted by Crippen LogP contribution is 2.23. The van der Waals surface area contributed by atoms with Gasteiger partial charge in [0.2, 0.25) is 0 Å². The Morgan fingerprint density at radius 2 is 1.68 bits per heavy atom. The van der Waals surface area contributed by atoms with Crippen molar-refractivity contribution in [1.29, 1.82) is 0 Å². The fourth-order valence-electron chi connectivity index (χ4n) is 2.51. The summed E-state index contributed by atoms with van der Waals surface area (Å²) >= 11 is 0. The Bertz CT molecular complexity index is 345. The van der Waals surface area contributed by atoms with Gasteiger partial charge in [-0.15, -0.1) is 0 Å². The number of hydrogen-bond donors (Lipinski definition) is 1. The highest BCUT2D eigenvalue weighted by atomic mass is 14.8. The predicted molar refractivity (Wildman–Crippen MR) is 85.8 cm³/mol. The summed E-state index contributed by atoms with van der Waals surface area (Å²) in [7, 11) is 0. The van der Waals surface area contributed by atoms with Crippen LogP contribution in [0.1, 0.15) is 58.6 Å². The smallest absolute Gasteiger partial charge is 0.00175 e. The molecular weight excluding hydrogens is 230 g/mol. The molecule has 0 radical (unpaired) electrons. The predicted octanol–water partition coefficient (Wildman–Crippen LogP) is 4.55. The van der Waals surface area contributed by atoms with Crippen molar-refractivity contribution in [3.63, 3.8) is 0 Å². The first-order chi connectivity index (χ1) is 8.97. The van der Waals surface area contributed by atoms with Gasteiger partial charge in [0.25, 0.3) is 0 Å². The molecule has 1 N–H and O–H groups in total. The summed E-state index contributed by atoms with van der Waals surface area (Å²) in [6.07, 6.45) is 3.79. The molecule has 0 saturated carbocycles. The maximum Gasteiger partial charge on any atom is -0.00175 e. The number of benzene rings is 1. The topological polar surface area (TPSA) is 12.0 Å². The molecule has 108 valence electrons. The van der Waals surface area contributed by atoms with Gasteiger partial charge in [0.05, 0.1) is 0 Å². The van der Waals surface area contributed by atoms with E-state index >= 15 is 0 Å². The van der Waals surface area contributed by atoms with E-state index in [1.54, 1.807) is 0 Å². The van der Waals surface area contributed by atoms with Crippen molar-refractivity contribution in [2.75, 3.05) is 13.1 Å². The highest BCUT2D eigenvalue weighted by Gasteiger charge is 2.14. The van der Waals surface area contributed by atoms with Gasteiger partial charge in [0.15, 0.2) is 0 Å². The molecule has 0 aromatic heterocycles. The molecule has 0 amide bonds. The zero-order valence-corrected chi connectivity index (χ0v) is 13.4. The molecule has 19 heavy (non-hydrogen) atoms. The summed E-state index contributed by atoms with van der Waals surface area (Å²) in [5.74, 6) is 0.769. The van der Waals surface area contributed by atoms with Crippen molar-refractivity contribution < 1.29 is 0 Å². The zero-order valence-electron chi connectivity index (χ0n) is 13.4. The maximum absolute atomic E-state index is 3.49. The van der Waals surface area contributed by atoms with E-state index in [4.69, 9.17) is 0 Å². The molecule has 0 fully saturated rings. The minimum absolute atomic E-state index is 0.255. The molecular formula is C18H31N. The van der Waals surface area contributed by atoms with Crippen LogP contribution in [0, 0.1) is 5.92 Å². The first-order valence-corrected chi connectivity index (χ1v) is 7.77. The lowest BCUT2D eigenvalue weighted by Gasteiger charge is -2.20. The summed E-state index contributed by atoms with van der Waals surface area (Å²) in [5.41, 5.74) is 3.16. The highest BCUT2D eigenvalue weighted by molar-refractivity contribution is 5.27. The third-order valence-corrected chi connectivity index (χ3v) is 3.72. The Morgan fingerprint density at radius 3 is 2.16 bits per heavy atom. The van der Waals surface area contributed by atoms with E-state index in [0.29, 0.717) is 0 Å². The second-order valence-corrected chi connectivity index (χ2v) is 6.61. The van der Waals surface area contributed by atoms with Crippen LogP contribution in [0.5, 0.6) is 0 Å². The molecule has 1 rings (SSSR count). The van der Waals surface area contributed by atoms with Crippen LogP contribution in [0.15, 0.2) is 24.3 Å². The lowest BCUT2D eigenvalue weighted by Crippen LogP contribution is -2.24. The monoisotopic (exact) mass is 261 g/mol. The fraction of sp³-hybridized carbons (Fsp3) is 0.667. The van der Waals surface area contributed by atoms with Crippen LogP contribution in [-0.4, -0.2) is 13.1 Å². The summed E-state index contributed by atoms with van der Waals surface area (Å²) in [5, 5.41) is 3.49. The minimum atomic E-state index is 0.255.